The quantitative estimate of drug-likeness (QED) is 0.387. The van der Waals surface area contributed by atoms with Gasteiger partial charge in [0.2, 0.25) is 6.33 Å². The number of hydrogen-bond acceptors (Lipinski definition) is 1. The molecule has 4 rings (SSSR count). The summed E-state index contributed by atoms with van der Waals surface area (Å²) < 4.78 is 10.6. The van der Waals surface area contributed by atoms with Gasteiger partial charge in [-0.3, -0.25) is 0 Å². The highest BCUT2D eigenvalue weighted by Crippen LogP contribution is 2.38. The molecule has 24 heavy (non-hydrogen) atoms. The Morgan fingerprint density at radius 1 is 1.12 bits per heavy atom. The van der Waals surface area contributed by atoms with Gasteiger partial charge < -0.3 is 13.9 Å². The molecule has 0 N–H and O–H groups in total. The number of imidazole rings is 1. The number of aryl methyl sites for hydroxylation is 1. The number of benzene rings is 2. The predicted molar refractivity (Wildman–Crippen MR) is 96.0 cm³/mol. The van der Waals surface area contributed by atoms with E-state index in [2.05, 4.69) is 73.5 Å². The van der Waals surface area contributed by atoms with E-state index in [9.17, 15) is 0 Å². The lowest BCUT2D eigenvalue weighted by Crippen LogP contribution is -2.33. The minimum absolute atomic E-state index is 0.103. The van der Waals surface area contributed by atoms with Gasteiger partial charge in [0.1, 0.15) is 11.5 Å². The highest BCUT2D eigenvalue weighted by Gasteiger charge is 2.23. The van der Waals surface area contributed by atoms with E-state index in [1.165, 1.54) is 17.5 Å². The number of unbranched alkanes of at least 4 members (excludes halogenated alkanes) is 1. The second-order valence-electron chi connectivity index (χ2n) is 7.60. The third kappa shape index (κ3) is 2.31. The fraction of sp³-hybridized carbons (Fsp3) is 0.381. The molecular formula is C21H24N2O. The zero-order valence-corrected chi connectivity index (χ0v) is 14.9. The molecule has 0 aliphatic carbocycles. The van der Waals surface area contributed by atoms with Crippen LogP contribution in [0.5, 0.6) is 11.5 Å². The van der Waals surface area contributed by atoms with Crippen LogP contribution in [0, 0.1) is 6.33 Å². The molecule has 124 valence electrons. The summed E-state index contributed by atoms with van der Waals surface area (Å²) in [7, 11) is 0. The predicted octanol–water partition coefficient (Wildman–Crippen LogP) is 4.92. The van der Waals surface area contributed by atoms with Gasteiger partial charge in [-0.25, -0.2) is 0 Å². The van der Waals surface area contributed by atoms with Gasteiger partial charge in [0.05, 0.1) is 23.3 Å². The van der Waals surface area contributed by atoms with Crippen LogP contribution in [0.25, 0.3) is 16.7 Å². The lowest BCUT2D eigenvalue weighted by molar-refractivity contribution is -0.575. The SMILES string of the molecule is CCCCn1[c-][n+]2c3c(cccc31)Oc1cc(C(C)(C)C)ccc1-2. The van der Waals surface area contributed by atoms with E-state index < -0.39 is 0 Å². The number of nitrogens with zero attached hydrogens (tertiary/aromatic N) is 2. The van der Waals surface area contributed by atoms with Gasteiger partial charge in [-0.2, -0.15) is 0 Å². The zero-order chi connectivity index (χ0) is 16.9. The molecule has 3 nitrogen and oxygen atoms in total. The largest absolute Gasteiger partial charge is 0.469 e. The summed E-state index contributed by atoms with van der Waals surface area (Å²) >= 11 is 0. The summed E-state index contributed by atoms with van der Waals surface area (Å²) in [5.74, 6) is 1.83. The molecule has 0 bridgehead atoms. The van der Waals surface area contributed by atoms with E-state index in [0.29, 0.717) is 0 Å². The number of hydrogen-bond donors (Lipinski definition) is 0. The van der Waals surface area contributed by atoms with E-state index in [1.54, 1.807) is 0 Å². The Hall–Kier alpha value is -2.29. The molecule has 1 aliphatic heterocycles. The highest BCUT2D eigenvalue weighted by molar-refractivity contribution is 5.81. The maximum Gasteiger partial charge on any atom is 0.244 e. The number of aromatic nitrogens is 2. The summed E-state index contributed by atoms with van der Waals surface area (Å²) in [5.41, 5.74) is 4.76. The van der Waals surface area contributed by atoms with Crippen LogP contribution in [0.15, 0.2) is 36.4 Å². The molecule has 1 aliphatic rings. The first-order valence-electron chi connectivity index (χ1n) is 8.78. The van der Waals surface area contributed by atoms with Crippen LogP contribution in [0.1, 0.15) is 46.1 Å². The first-order valence-corrected chi connectivity index (χ1v) is 8.78. The Labute approximate surface area is 143 Å². The highest BCUT2D eigenvalue weighted by atomic mass is 16.5. The molecule has 2 aromatic carbocycles. The van der Waals surface area contributed by atoms with Crippen molar-refractivity contribution >= 4 is 11.0 Å². The van der Waals surface area contributed by atoms with E-state index >= 15 is 0 Å². The molecular weight excluding hydrogens is 296 g/mol. The normalized spacial score (nSPS) is 13.0. The maximum atomic E-state index is 6.25. The summed E-state index contributed by atoms with van der Waals surface area (Å²) in [6, 6.07) is 12.8. The van der Waals surface area contributed by atoms with Crippen molar-refractivity contribution in [1.82, 2.24) is 4.57 Å². The zero-order valence-electron chi connectivity index (χ0n) is 14.9. The van der Waals surface area contributed by atoms with Crippen LogP contribution in [0.2, 0.25) is 0 Å². The fourth-order valence-electron chi connectivity index (χ4n) is 3.29. The number of para-hydroxylation sites is 1. The van der Waals surface area contributed by atoms with Crippen LogP contribution in [0.3, 0.4) is 0 Å². The molecule has 0 unspecified atom stereocenters. The number of fused-ring (bicyclic) bond motifs is 2. The summed E-state index contributed by atoms with van der Waals surface area (Å²) in [6.45, 7) is 9.88. The van der Waals surface area contributed by atoms with E-state index in [1.807, 2.05) is 6.07 Å². The van der Waals surface area contributed by atoms with Crippen LogP contribution < -0.4 is 9.30 Å². The van der Waals surface area contributed by atoms with E-state index in [4.69, 9.17) is 4.74 Å². The van der Waals surface area contributed by atoms with Crippen molar-refractivity contribution in [3.8, 4) is 17.2 Å². The summed E-state index contributed by atoms with van der Waals surface area (Å²) in [6.07, 6.45) is 5.86. The van der Waals surface area contributed by atoms with Crippen LogP contribution >= 0.6 is 0 Å². The Kier molecular flexibility index (Phi) is 3.41. The van der Waals surface area contributed by atoms with Crippen LogP contribution in [-0.2, 0) is 12.0 Å². The smallest absolute Gasteiger partial charge is 0.244 e. The molecule has 0 saturated heterocycles. The molecule has 0 spiro atoms. The Bertz CT molecular complexity index is 915. The van der Waals surface area contributed by atoms with Gasteiger partial charge in [-0.1, -0.05) is 58.4 Å². The van der Waals surface area contributed by atoms with Crippen molar-refractivity contribution in [3.05, 3.63) is 48.3 Å². The fourth-order valence-corrected chi connectivity index (χ4v) is 3.29. The van der Waals surface area contributed by atoms with Gasteiger partial charge >= 0.3 is 0 Å². The molecule has 1 aromatic heterocycles. The Morgan fingerprint density at radius 3 is 2.71 bits per heavy atom. The minimum Gasteiger partial charge on any atom is -0.469 e. The van der Waals surface area contributed by atoms with Gasteiger partial charge in [-0.05, 0) is 29.5 Å². The lowest BCUT2D eigenvalue weighted by atomic mass is 9.87. The topological polar surface area (TPSA) is 18.0 Å². The molecule has 0 amide bonds. The van der Waals surface area contributed by atoms with Gasteiger partial charge in [0, 0.05) is 0 Å². The minimum atomic E-state index is 0.103. The van der Waals surface area contributed by atoms with Crippen molar-refractivity contribution in [3.63, 3.8) is 0 Å². The Balaban J connectivity index is 1.91. The first-order chi connectivity index (χ1) is 11.5. The number of ether oxygens (including phenoxy) is 1. The van der Waals surface area contributed by atoms with Crippen molar-refractivity contribution in [2.24, 2.45) is 0 Å². The molecule has 3 aromatic rings. The van der Waals surface area contributed by atoms with Crippen LogP contribution in [0.4, 0.5) is 0 Å². The second-order valence-corrected chi connectivity index (χ2v) is 7.60. The third-order valence-corrected chi connectivity index (χ3v) is 4.73. The molecule has 0 fully saturated rings. The second kappa shape index (κ2) is 5.37. The van der Waals surface area contributed by atoms with E-state index in [-0.39, 0.29) is 5.41 Å². The average Bonchev–Trinajstić information content (AvgIpc) is 2.92. The van der Waals surface area contributed by atoms with Gasteiger partial charge in [0.25, 0.3) is 0 Å². The van der Waals surface area contributed by atoms with Crippen molar-refractivity contribution in [2.45, 2.75) is 52.5 Å². The van der Waals surface area contributed by atoms with Crippen molar-refractivity contribution in [1.29, 1.82) is 0 Å². The molecule has 0 atom stereocenters. The Morgan fingerprint density at radius 2 is 1.96 bits per heavy atom. The number of rotatable bonds is 3. The lowest BCUT2D eigenvalue weighted by Gasteiger charge is -2.25. The van der Waals surface area contributed by atoms with Crippen LogP contribution in [-0.4, -0.2) is 4.57 Å². The average molecular weight is 320 g/mol. The molecule has 2 heterocycles. The first kappa shape index (κ1) is 15.3. The van der Waals surface area contributed by atoms with Gasteiger partial charge in [-0.15, -0.1) is 0 Å². The van der Waals surface area contributed by atoms with Gasteiger partial charge in [0.15, 0.2) is 0 Å². The summed E-state index contributed by atoms with van der Waals surface area (Å²) in [5, 5.41) is 0. The van der Waals surface area contributed by atoms with Crippen molar-refractivity contribution in [2.75, 3.05) is 0 Å². The third-order valence-electron chi connectivity index (χ3n) is 4.73. The molecule has 0 saturated carbocycles. The molecule has 0 radical (unpaired) electrons. The summed E-state index contributed by atoms with van der Waals surface area (Å²) in [4.78, 5) is 0. The van der Waals surface area contributed by atoms with Crippen molar-refractivity contribution < 1.29 is 9.30 Å². The molecule has 3 heteroatoms. The monoisotopic (exact) mass is 320 g/mol. The standard InChI is InChI=1S/C21H24N2O/c1-5-6-12-22-14-23-16-11-10-15(21(2,3)4)13-19(16)24-18-9-7-8-17(22)20(18)23/h7-11,13H,5-6,12H2,1-4H3. The van der Waals surface area contributed by atoms with E-state index in [0.717, 1.165) is 35.7 Å². The maximum absolute atomic E-state index is 6.25.